The molecule has 0 amide bonds. The molecule has 1 heterocycles. The number of carbonyl (C=O) groups is 1. The quantitative estimate of drug-likeness (QED) is 0.529. The van der Waals surface area contributed by atoms with Crippen molar-refractivity contribution >= 4 is 5.97 Å². The predicted molar refractivity (Wildman–Crippen MR) is 40.7 cm³/mol. The van der Waals surface area contributed by atoms with Crippen molar-refractivity contribution in [3.8, 4) is 0 Å². The summed E-state index contributed by atoms with van der Waals surface area (Å²) in [6.07, 6.45) is 0.848. The molecule has 4 nitrogen and oxygen atoms in total. The van der Waals surface area contributed by atoms with E-state index in [0.29, 0.717) is 6.54 Å². The number of hydrogen-bond acceptors (Lipinski definition) is 3. The molecule has 0 spiro atoms. The van der Waals surface area contributed by atoms with E-state index in [1.807, 2.05) is 13.8 Å². The summed E-state index contributed by atoms with van der Waals surface area (Å²) in [4.78, 5) is 10.7. The lowest BCUT2D eigenvalue weighted by molar-refractivity contribution is -0.145. The van der Waals surface area contributed by atoms with Gasteiger partial charge in [0.05, 0.1) is 0 Å². The standard InChI is InChI=1S/C7H14N2O2/c1-7(2)3-4-9(8)5(7)6(10)11/h5H,3-4,8H2,1-2H3,(H,10,11). The van der Waals surface area contributed by atoms with Crippen molar-refractivity contribution in [3.63, 3.8) is 0 Å². The molecular formula is C7H14N2O2. The van der Waals surface area contributed by atoms with Gasteiger partial charge in [0, 0.05) is 6.54 Å². The molecule has 0 aromatic heterocycles. The van der Waals surface area contributed by atoms with Crippen molar-refractivity contribution in [2.24, 2.45) is 11.3 Å². The van der Waals surface area contributed by atoms with E-state index in [1.54, 1.807) is 0 Å². The Kier molecular flexibility index (Phi) is 1.90. The van der Waals surface area contributed by atoms with Gasteiger partial charge < -0.3 is 5.11 Å². The summed E-state index contributed by atoms with van der Waals surface area (Å²) in [6, 6.07) is -0.525. The fraction of sp³-hybridized carbons (Fsp3) is 0.857. The van der Waals surface area contributed by atoms with Crippen LogP contribution in [0.2, 0.25) is 0 Å². The van der Waals surface area contributed by atoms with Crippen molar-refractivity contribution in [1.82, 2.24) is 5.01 Å². The van der Waals surface area contributed by atoms with Crippen molar-refractivity contribution in [2.75, 3.05) is 6.54 Å². The zero-order chi connectivity index (χ0) is 8.65. The van der Waals surface area contributed by atoms with Crippen LogP contribution in [0.25, 0.3) is 0 Å². The smallest absolute Gasteiger partial charge is 0.322 e. The van der Waals surface area contributed by atoms with Gasteiger partial charge in [0.1, 0.15) is 6.04 Å². The lowest BCUT2D eigenvalue weighted by atomic mass is 9.85. The van der Waals surface area contributed by atoms with Crippen LogP contribution >= 0.6 is 0 Å². The number of hydrazine groups is 1. The maximum atomic E-state index is 10.7. The molecule has 64 valence electrons. The van der Waals surface area contributed by atoms with Crippen molar-refractivity contribution in [1.29, 1.82) is 0 Å². The third-order valence-electron chi connectivity index (χ3n) is 2.32. The second-order valence-electron chi connectivity index (χ2n) is 3.72. The Morgan fingerprint density at radius 2 is 2.27 bits per heavy atom. The lowest BCUT2D eigenvalue weighted by Crippen LogP contribution is -2.46. The minimum atomic E-state index is -0.824. The van der Waals surface area contributed by atoms with Gasteiger partial charge in [-0.05, 0) is 11.8 Å². The highest BCUT2D eigenvalue weighted by Crippen LogP contribution is 2.33. The first kappa shape index (κ1) is 8.49. The summed E-state index contributed by atoms with van der Waals surface area (Å²) in [5, 5.41) is 10.2. The topological polar surface area (TPSA) is 66.6 Å². The number of hydrogen-bond donors (Lipinski definition) is 2. The molecule has 1 aliphatic heterocycles. The monoisotopic (exact) mass is 158 g/mol. The van der Waals surface area contributed by atoms with Gasteiger partial charge in [0.25, 0.3) is 0 Å². The van der Waals surface area contributed by atoms with E-state index in [4.69, 9.17) is 10.9 Å². The van der Waals surface area contributed by atoms with Crippen LogP contribution < -0.4 is 5.84 Å². The Labute approximate surface area is 65.9 Å². The molecule has 1 rings (SSSR count). The van der Waals surface area contributed by atoms with Gasteiger partial charge in [-0.3, -0.25) is 10.6 Å². The number of rotatable bonds is 1. The fourth-order valence-electron chi connectivity index (χ4n) is 1.61. The average molecular weight is 158 g/mol. The summed E-state index contributed by atoms with van der Waals surface area (Å²) >= 11 is 0. The van der Waals surface area contributed by atoms with Crippen LogP contribution in [-0.4, -0.2) is 28.7 Å². The SMILES string of the molecule is CC1(C)CCN(N)C1C(=O)O. The summed E-state index contributed by atoms with van der Waals surface area (Å²) in [5.41, 5.74) is -0.194. The van der Waals surface area contributed by atoms with Crippen molar-refractivity contribution in [2.45, 2.75) is 26.3 Å². The number of nitrogens with zero attached hydrogens (tertiary/aromatic N) is 1. The second-order valence-corrected chi connectivity index (χ2v) is 3.72. The summed E-state index contributed by atoms with van der Waals surface area (Å²) < 4.78 is 0. The predicted octanol–water partition coefficient (Wildman–Crippen LogP) is 0.0452. The third kappa shape index (κ3) is 1.36. The van der Waals surface area contributed by atoms with E-state index in [0.717, 1.165) is 6.42 Å². The van der Waals surface area contributed by atoms with Crippen molar-refractivity contribution < 1.29 is 9.90 Å². The molecule has 0 bridgehead atoms. The number of nitrogens with two attached hydrogens (primary N) is 1. The lowest BCUT2D eigenvalue weighted by Gasteiger charge is -2.25. The highest BCUT2D eigenvalue weighted by Gasteiger charge is 2.43. The Hall–Kier alpha value is -0.610. The van der Waals surface area contributed by atoms with Gasteiger partial charge in [-0.15, -0.1) is 0 Å². The van der Waals surface area contributed by atoms with E-state index in [1.165, 1.54) is 5.01 Å². The van der Waals surface area contributed by atoms with Crippen molar-refractivity contribution in [3.05, 3.63) is 0 Å². The van der Waals surface area contributed by atoms with E-state index in [9.17, 15) is 4.79 Å². The molecule has 1 unspecified atom stereocenters. The maximum Gasteiger partial charge on any atom is 0.322 e. The first-order chi connectivity index (χ1) is 4.95. The molecule has 0 radical (unpaired) electrons. The zero-order valence-corrected chi connectivity index (χ0v) is 6.87. The van der Waals surface area contributed by atoms with E-state index >= 15 is 0 Å². The minimum absolute atomic E-state index is 0.194. The minimum Gasteiger partial charge on any atom is -0.480 e. The summed E-state index contributed by atoms with van der Waals surface area (Å²) in [5.74, 6) is 4.68. The molecule has 1 saturated heterocycles. The van der Waals surface area contributed by atoms with Gasteiger partial charge in [-0.25, -0.2) is 5.01 Å². The Balaban J connectivity index is 2.80. The van der Waals surface area contributed by atoms with E-state index in [2.05, 4.69) is 0 Å². The molecule has 3 N–H and O–H groups in total. The Morgan fingerprint density at radius 1 is 1.73 bits per heavy atom. The molecule has 1 fully saturated rings. The van der Waals surface area contributed by atoms with Crippen LogP contribution in [0.3, 0.4) is 0 Å². The van der Waals surface area contributed by atoms with Crippen LogP contribution in [0, 0.1) is 5.41 Å². The molecule has 0 aromatic rings. The van der Waals surface area contributed by atoms with Gasteiger partial charge in [-0.2, -0.15) is 0 Å². The molecule has 0 saturated carbocycles. The number of carboxylic acids is 1. The second kappa shape index (κ2) is 2.46. The first-order valence-corrected chi connectivity index (χ1v) is 3.69. The number of carboxylic acid groups (broad SMARTS) is 1. The van der Waals surface area contributed by atoms with Crippen LogP contribution in [0.1, 0.15) is 20.3 Å². The van der Waals surface area contributed by atoms with Gasteiger partial charge in [0.2, 0.25) is 0 Å². The summed E-state index contributed by atoms with van der Waals surface area (Å²) in [6.45, 7) is 4.53. The van der Waals surface area contributed by atoms with Crippen LogP contribution in [0.15, 0.2) is 0 Å². The fourth-order valence-corrected chi connectivity index (χ4v) is 1.61. The summed E-state index contributed by atoms with van der Waals surface area (Å²) in [7, 11) is 0. The van der Waals surface area contributed by atoms with Gasteiger partial charge in [0.15, 0.2) is 0 Å². The third-order valence-corrected chi connectivity index (χ3v) is 2.32. The highest BCUT2D eigenvalue weighted by molar-refractivity contribution is 5.74. The van der Waals surface area contributed by atoms with Crippen LogP contribution in [0.4, 0.5) is 0 Å². The van der Waals surface area contributed by atoms with Gasteiger partial charge in [-0.1, -0.05) is 13.8 Å². The average Bonchev–Trinajstić information content (AvgIpc) is 2.06. The molecule has 4 heteroatoms. The maximum absolute atomic E-state index is 10.7. The van der Waals surface area contributed by atoms with Crippen LogP contribution in [-0.2, 0) is 4.79 Å². The molecule has 11 heavy (non-hydrogen) atoms. The molecular weight excluding hydrogens is 144 g/mol. The largest absolute Gasteiger partial charge is 0.480 e. The normalized spacial score (nSPS) is 30.6. The molecule has 1 aliphatic rings. The van der Waals surface area contributed by atoms with E-state index < -0.39 is 12.0 Å². The van der Waals surface area contributed by atoms with Crippen LogP contribution in [0.5, 0.6) is 0 Å². The van der Waals surface area contributed by atoms with E-state index in [-0.39, 0.29) is 5.41 Å². The van der Waals surface area contributed by atoms with Gasteiger partial charge >= 0.3 is 5.97 Å². The molecule has 0 aromatic carbocycles. The highest BCUT2D eigenvalue weighted by atomic mass is 16.4. The Morgan fingerprint density at radius 3 is 2.45 bits per heavy atom. The Bertz CT molecular complexity index is 179. The zero-order valence-electron chi connectivity index (χ0n) is 6.87. The molecule has 0 aliphatic carbocycles. The number of aliphatic carboxylic acids is 1. The first-order valence-electron chi connectivity index (χ1n) is 3.69. The molecule has 1 atom stereocenters.